The van der Waals surface area contributed by atoms with E-state index in [2.05, 4.69) is 15.5 Å². The van der Waals surface area contributed by atoms with E-state index < -0.39 is 5.91 Å². The van der Waals surface area contributed by atoms with Crippen LogP contribution in [0.5, 0.6) is 0 Å². The van der Waals surface area contributed by atoms with Crippen LogP contribution in [0.4, 0.5) is 0 Å². The Kier molecular flexibility index (Phi) is 3.22. The third-order valence-corrected chi connectivity index (χ3v) is 2.13. The van der Waals surface area contributed by atoms with Crippen LogP contribution in [0.15, 0.2) is 27.2 Å². The van der Waals surface area contributed by atoms with Crippen LogP contribution in [0.1, 0.15) is 42.1 Å². The molecule has 0 aliphatic heterocycles. The molecule has 2 aromatic heterocycles. The first-order chi connectivity index (χ1) is 8.16. The monoisotopic (exact) mass is 235 g/mol. The van der Waals surface area contributed by atoms with Gasteiger partial charge in [-0.05, 0) is 12.1 Å². The molecule has 0 saturated carbocycles. The maximum absolute atomic E-state index is 11.6. The van der Waals surface area contributed by atoms with Gasteiger partial charge in [0.25, 0.3) is 0 Å². The van der Waals surface area contributed by atoms with Gasteiger partial charge in [-0.1, -0.05) is 13.8 Å². The lowest BCUT2D eigenvalue weighted by Crippen LogP contribution is -2.22. The normalized spacial score (nSPS) is 10.8. The second-order valence-corrected chi connectivity index (χ2v) is 3.86. The number of hydrogen-bond acceptors (Lipinski definition) is 5. The fourth-order valence-electron chi connectivity index (χ4n) is 1.22. The molecule has 0 unspecified atom stereocenters. The Morgan fingerprint density at radius 2 is 2.29 bits per heavy atom. The standard InChI is InChI=1S/C11H13N3O3/c1-7(2)10-13-14-11(17-10)9(15)12-6-8-4-3-5-16-8/h3-5,7H,6H2,1-2H3,(H,12,15). The first kappa shape index (κ1) is 11.4. The summed E-state index contributed by atoms with van der Waals surface area (Å²) < 4.78 is 10.3. The van der Waals surface area contributed by atoms with Crippen LogP contribution in [0, 0.1) is 0 Å². The van der Waals surface area contributed by atoms with Gasteiger partial charge in [0.1, 0.15) is 5.76 Å². The Bertz CT molecular complexity index is 488. The minimum absolute atomic E-state index is 0.0275. The van der Waals surface area contributed by atoms with Crippen molar-refractivity contribution in [3.8, 4) is 0 Å². The molecule has 0 spiro atoms. The van der Waals surface area contributed by atoms with E-state index >= 15 is 0 Å². The third-order valence-electron chi connectivity index (χ3n) is 2.13. The summed E-state index contributed by atoms with van der Waals surface area (Å²) in [6.45, 7) is 4.13. The molecule has 0 aromatic carbocycles. The van der Waals surface area contributed by atoms with Gasteiger partial charge in [0.15, 0.2) is 0 Å². The van der Waals surface area contributed by atoms with Crippen LogP contribution in [0.2, 0.25) is 0 Å². The van der Waals surface area contributed by atoms with E-state index in [1.165, 1.54) is 0 Å². The lowest BCUT2D eigenvalue weighted by Gasteiger charge is -1.98. The number of nitrogens with one attached hydrogen (secondary N) is 1. The van der Waals surface area contributed by atoms with E-state index in [-0.39, 0.29) is 11.8 Å². The zero-order chi connectivity index (χ0) is 12.3. The smallest absolute Gasteiger partial charge is 0.309 e. The van der Waals surface area contributed by atoms with E-state index in [0.29, 0.717) is 18.2 Å². The van der Waals surface area contributed by atoms with Gasteiger partial charge in [-0.3, -0.25) is 4.79 Å². The maximum atomic E-state index is 11.6. The molecule has 0 aliphatic rings. The Labute approximate surface area is 98.0 Å². The van der Waals surface area contributed by atoms with Gasteiger partial charge in [0.2, 0.25) is 5.89 Å². The van der Waals surface area contributed by atoms with Crippen molar-refractivity contribution in [1.29, 1.82) is 0 Å². The molecule has 6 nitrogen and oxygen atoms in total. The van der Waals surface area contributed by atoms with Crippen molar-refractivity contribution in [3.63, 3.8) is 0 Å². The molecular weight excluding hydrogens is 222 g/mol. The fourth-order valence-corrected chi connectivity index (χ4v) is 1.22. The van der Waals surface area contributed by atoms with Crippen molar-refractivity contribution < 1.29 is 13.6 Å². The van der Waals surface area contributed by atoms with Crippen molar-refractivity contribution in [2.24, 2.45) is 0 Å². The van der Waals surface area contributed by atoms with Crippen LogP contribution >= 0.6 is 0 Å². The van der Waals surface area contributed by atoms with Crippen molar-refractivity contribution >= 4 is 5.91 Å². The van der Waals surface area contributed by atoms with E-state index in [1.807, 2.05) is 13.8 Å². The quantitative estimate of drug-likeness (QED) is 0.872. The average molecular weight is 235 g/mol. The van der Waals surface area contributed by atoms with Crippen molar-refractivity contribution in [1.82, 2.24) is 15.5 Å². The molecule has 2 rings (SSSR count). The van der Waals surface area contributed by atoms with E-state index in [1.54, 1.807) is 18.4 Å². The Hall–Kier alpha value is -2.11. The highest BCUT2D eigenvalue weighted by atomic mass is 16.4. The molecule has 0 aliphatic carbocycles. The van der Waals surface area contributed by atoms with Crippen LogP contribution in [-0.4, -0.2) is 16.1 Å². The van der Waals surface area contributed by atoms with Crippen molar-refractivity contribution in [3.05, 3.63) is 35.9 Å². The van der Waals surface area contributed by atoms with E-state index in [4.69, 9.17) is 8.83 Å². The molecule has 0 radical (unpaired) electrons. The SMILES string of the molecule is CC(C)c1nnc(C(=O)NCc2ccco2)o1. The number of carbonyl (C=O) groups excluding carboxylic acids is 1. The van der Waals surface area contributed by atoms with Crippen LogP contribution in [-0.2, 0) is 6.54 Å². The topological polar surface area (TPSA) is 81.2 Å². The van der Waals surface area contributed by atoms with Gasteiger partial charge < -0.3 is 14.2 Å². The molecule has 1 N–H and O–H groups in total. The number of amides is 1. The zero-order valence-electron chi connectivity index (χ0n) is 9.64. The summed E-state index contributed by atoms with van der Waals surface area (Å²) in [4.78, 5) is 11.6. The van der Waals surface area contributed by atoms with Crippen molar-refractivity contribution in [2.45, 2.75) is 26.3 Å². The van der Waals surface area contributed by atoms with E-state index in [9.17, 15) is 4.79 Å². The lowest BCUT2D eigenvalue weighted by molar-refractivity contribution is 0.0911. The van der Waals surface area contributed by atoms with Gasteiger partial charge in [-0.2, -0.15) is 0 Å². The summed E-state index contributed by atoms with van der Waals surface area (Å²) in [6.07, 6.45) is 1.55. The first-order valence-corrected chi connectivity index (χ1v) is 5.31. The van der Waals surface area contributed by atoms with Crippen LogP contribution in [0.25, 0.3) is 0 Å². The third kappa shape index (κ3) is 2.72. The Morgan fingerprint density at radius 1 is 1.47 bits per heavy atom. The summed E-state index contributed by atoms with van der Waals surface area (Å²) >= 11 is 0. The number of nitrogens with zero attached hydrogens (tertiary/aromatic N) is 2. The number of hydrogen-bond donors (Lipinski definition) is 1. The molecule has 17 heavy (non-hydrogen) atoms. The number of furan rings is 1. The second-order valence-electron chi connectivity index (χ2n) is 3.86. The molecule has 0 bridgehead atoms. The summed E-state index contributed by atoms with van der Waals surface area (Å²) in [5.41, 5.74) is 0. The second kappa shape index (κ2) is 4.82. The molecule has 2 aromatic rings. The van der Waals surface area contributed by atoms with Gasteiger partial charge in [-0.15, -0.1) is 10.2 Å². The van der Waals surface area contributed by atoms with E-state index in [0.717, 1.165) is 0 Å². The highest BCUT2D eigenvalue weighted by Gasteiger charge is 2.16. The van der Waals surface area contributed by atoms with Crippen LogP contribution < -0.4 is 5.32 Å². The summed E-state index contributed by atoms with van der Waals surface area (Å²) in [6, 6.07) is 3.53. The molecule has 6 heteroatoms. The molecule has 0 fully saturated rings. The molecule has 1 amide bonds. The molecule has 0 atom stereocenters. The molecular formula is C11H13N3O3. The number of carbonyl (C=O) groups is 1. The molecule has 0 saturated heterocycles. The summed E-state index contributed by atoms with van der Waals surface area (Å²) in [7, 11) is 0. The molecule has 90 valence electrons. The minimum atomic E-state index is -0.402. The minimum Gasteiger partial charge on any atom is -0.467 e. The van der Waals surface area contributed by atoms with Crippen molar-refractivity contribution in [2.75, 3.05) is 0 Å². The predicted octanol–water partition coefficient (Wildman–Crippen LogP) is 1.72. The first-order valence-electron chi connectivity index (χ1n) is 5.31. The number of rotatable bonds is 4. The molecule has 2 heterocycles. The van der Waals surface area contributed by atoms with Gasteiger partial charge >= 0.3 is 11.8 Å². The highest BCUT2D eigenvalue weighted by molar-refractivity contribution is 5.89. The fraction of sp³-hybridized carbons (Fsp3) is 0.364. The van der Waals surface area contributed by atoms with Gasteiger partial charge in [0.05, 0.1) is 12.8 Å². The largest absolute Gasteiger partial charge is 0.467 e. The van der Waals surface area contributed by atoms with Gasteiger partial charge in [0, 0.05) is 5.92 Å². The lowest BCUT2D eigenvalue weighted by atomic mass is 10.2. The summed E-state index contributed by atoms with van der Waals surface area (Å²) in [5.74, 6) is 0.797. The predicted molar refractivity (Wildman–Crippen MR) is 58.3 cm³/mol. The Balaban J connectivity index is 1.95. The van der Waals surface area contributed by atoms with Crippen LogP contribution in [0.3, 0.4) is 0 Å². The van der Waals surface area contributed by atoms with Gasteiger partial charge in [-0.25, -0.2) is 0 Å². The highest BCUT2D eigenvalue weighted by Crippen LogP contribution is 2.11. The number of aromatic nitrogens is 2. The average Bonchev–Trinajstić information content (AvgIpc) is 2.96. The summed E-state index contributed by atoms with van der Waals surface area (Å²) in [5, 5.41) is 10.1. The maximum Gasteiger partial charge on any atom is 0.309 e. The zero-order valence-corrected chi connectivity index (χ0v) is 9.64. The Morgan fingerprint density at radius 3 is 2.88 bits per heavy atom.